The normalized spacial score (nSPS) is 10.1. The molecule has 0 aliphatic carbocycles. The molecule has 162 valence electrons. The minimum Gasteiger partial charge on any atom is -0.457 e. The van der Waals surface area contributed by atoms with E-state index in [1.54, 1.807) is 12.1 Å². The molecular weight excluding hydrogens is 404 g/mol. The fraction of sp³-hybridized carbons (Fsp3) is 0.111. The number of ether oxygens (including phenoxy) is 3. The lowest BCUT2D eigenvalue weighted by Gasteiger charge is -2.08. The van der Waals surface area contributed by atoms with E-state index in [4.69, 9.17) is 14.2 Å². The summed E-state index contributed by atoms with van der Waals surface area (Å²) in [6.07, 6.45) is 3.83. The Kier molecular flexibility index (Phi) is 7.98. The van der Waals surface area contributed by atoms with Gasteiger partial charge in [0, 0.05) is 12.2 Å². The molecule has 0 aliphatic heterocycles. The topological polar surface area (TPSA) is 61.8 Å². The molecule has 0 heterocycles. The third kappa shape index (κ3) is 6.99. The van der Waals surface area contributed by atoms with Crippen LogP contribution in [0.4, 0.5) is 0 Å². The SMILES string of the molecule is C=CC(=O)OCOc1ccc(Cc2ccc(Cc3ccc(OC(=O)C=C)cc3)cc2)cc1. The second-order valence-electron chi connectivity index (χ2n) is 7.01. The molecule has 0 unspecified atom stereocenters. The Hall–Kier alpha value is -4.12. The van der Waals surface area contributed by atoms with Gasteiger partial charge in [-0.25, -0.2) is 9.59 Å². The van der Waals surface area contributed by atoms with Gasteiger partial charge in [-0.15, -0.1) is 0 Å². The first-order valence-electron chi connectivity index (χ1n) is 10.1. The Balaban J connectivity index is 1.51. The number of carbonyl (C=O) groups excluding carboxylic acids is 2. The number of hydrogen-bond donors (Lipinski definition) is 0. The molecule has 0 bridgehead atoms. The first kappa shape index (κ1) is 22.6. The summed E-state index contributed by atoms with van der Waals surface area (Å²) in [5.41, 5.74) is 4.68. The van der Waals surface area contributed by atoms with Crippen LogP contribution in [0.25, 0.3) is 0 Å². The van der Waals surface area contributed by atoms with E-state index in [2.05, 4.69) is 37.4 Å². The van der Waals surface area contributed by atoms with Crippen LogP contribution < -0.4 is 9.47 Å². The van der Waals surface area contributed by atoms with Crippen molar-refractivity contribution in [2.24, 2.45) is 0 Å². The van der Waals surface area contributed by atoms with E-state index in [0.717, 1.165) is 36.1 Å². The molecule has 0 amide bonds. The minimum absolute atomic E-state index is 0.144. The lowest BCUT2D eigenvalue weighted by Crippen LogP contribution is -2.07. The number of benzene rings is 3. The standard InChI is InChI=1S/C27H24O5/c1-3-26(28)31-19-30-24-13-9-22(10-14-24)17-20-5-7-21(8-6-20)18-23-11-15-25(16-12-23)32-27(29)4-2/h3-16H,1-2,17-19H2. The molecule has 3 aromatic rings. The molecule has 5 nitrogen and oxygen atoms in total. The maximum atomic E-state index is 11.2. The van der Waals surface area contributed by atoms with Crippen molar-refractivity contribution in [1.82, 2.24) is 0 Å². The molecule has 0 fully saturated rings. The Morgan fingerprint density at radius 3 is 1.47 bits per heavy atom. The average molecular weight is 428 g/mol. The zero-order valence-electron chi connectivity index (χ0n) is 17.7. The highest BCUT2D eigenvalue weighted by Crippen LogP contribution is 2.18. The van der Waals surface area contributed by atoms with Crippen LogP contribution in [0, 0.1) is 0 Å². The van der Waals surface area contributed by atoms with Gasteiger partial charge in [-0.1, -0.05) is 61.7 Å². The molecule has 0 atom stereocenters. The van der Waals surface area contributed by atoms with Gasteiger partial charge in [-0.3, -0.25) is 0 Å². The van der Waals surface area contributed by atoms with Gasteiger partial charge >= 0.3 is 11.9 Å². The molecule has 3 aromatic carbocycles. The van der Waals surface area contributed by atoms with Crippen molar-refractivity contribution >= 4 is 11.9 Å². The summed E-state index contributed by atoms with van der Waals surface area (Å²) in [5, 5.41) is 0. The highest BCUT2D eigenvalue weighted by Gasteiger charge is 2.03. The molecule has 0 radical (unpaired) electrons. The molecule has 3 rings (SSSR count). The van der Waals surface area contributed by atoms with E-state index in [0.29, 0.717) is 11.5 Å². The Labute approximate surface area is 187 Å². The van der Waals surface area contributed by atoms with E-state index in [1.807, 2.05) is 36.4 Å². The third-order valence-corrected chi connectivity index (χ3v) is 4.66. The highest BCUT2D eigenvalue weighted by molar-refractivity contribution is 5.83. The molecule has 0 saturated carbocycles. The third-order valence-electron chi connectivity index (χ3n) is 4.66. The fourth-order valence-corrected chi connectivity index (χ4v) is 3.00. The van der Waals surface area contributed by atoms with Crippen molar-refractivity contribution in [3.63, 3.8) is 0 Å². The second-order valence-corrected chi connectivity index (χ2v) is 7.01. The zero-order chi connectivity index (χ0) is 22.8. The van der Waals surface area contributed by atoms with Crippen molar-refractivity contribution < 1.29 is 23.8 Å². The van der Waals surface area contributed by atoms with Crippen LogP contribution in [0.2, 0.25) is 0 Å². The quantitative estimate of drug-likeness (QED) is 0.196. The van der Waals surface area contributed by atoms with E-state index >= 15 is 0 Å². The Morgan fingerprint density at radius 2 is 1.03 bits per heavy atom. The molecule has 5 heteroatoms. The summed E-state index contributed by atoms with van der Waals surface area (Å²) < 4.78 is 15.3. The Morgan fingerprint density at radius 1 is 0.625 bits per heavy atom. The van der Waals surface area contributed by atoms with Crippen molar-refractivity contribution in [2.75, 3.05) is 6.79 Å². The first-order chi connectivity index (χ1) is 15.6. The first-order valence-corrected chi connectivity index (χ1v) is 10.1. The van der Waals surface area contributed by atoms with Crippen LogP contribution in [0.5, 0.6) is 11.5 Å². The fourth-order valence-electron chi connectivity index (χ4n) is 3.00. The minimum atomic E-state index is -0.517. The summed E-state index contributed by atoms with van der Waals surface area (Å²) in [6.45, 7) is 6.57. The lowest BCUT2D eigenvalue weighted by atomic mass is 10.0. The number of rotatable bonds is 10. The molecule has 0 spiro atoms. The predicted octanol–water partition coefficient (Wildman–Crippen LogP) is 5.03. The molecular formula is C27H24O5. The summed E-state index contributed by atoms with van der Waals surface area (Å²) in [5.74, 6) is 0.148. The maximum Gasteiger partial charge on any atom is 0.335 e. The van der Waals surface area contributed by atoms with Crippen molar-refractivity contribution in [3.05, 3.63) is 120 Å². The number of esters is 2. The van der Waals surface area contributed by atoms with Gasteiger partial charge in [0.05, 0.1) is 0 Å². The van der Waals surface area contributed by atoms with Crippen molar-refractivity contribution in [2.45, 2.75) is 12.8 Å². The average Bonchev–Trinajstić information content (AvgIpc) is 2.82. The van der Waals surface area contributed by atoms with Gasteiger partial charge in [0.1, 0.15) is 11.5 Å². The van der Waals surface area contributed by atoms with Crippen LogP contribution in [-0.4, -0.2) is 18.7 Å². The van der Waals surface area contributed by atoms with Crippen LogP contribution in [-0.2, 0) is 27.2 Å². The Bertz CT molecular complexity index is 1060. The molecule has 0 aromatic heterocycles. The zero-order valence-corrected chi connectivity index (χ0v) is 17.7. The molecule has 32 heavy (non-hydrogen) atoms. The van der Waals surface area contributed by atoms with E-state index in [9.17, 15) is 9.59 Å². The van der Waals surface area contributed by atoms with E-state index in [1.165, 1.54) is 11.1 Å². The molecule has 0 aliphatic rings. The molecule has 0 N–H and O–H groups in total. The summed E-state index contributed by atoms with van der Waals surface area (Å²) >= 11 is 0. The van der Waals surface area contributed by atoms with Gasteiger partial charge in [0.25, 0.3) is 0 Å². The predicted molar refractivity (Wildman–Crippen MR) is 123 cm³/mol. The smallest absolute Gasteiger partial charge is 0.335 e. The van der Waals surface area contributed by atoms with Crippen LogP contribution in [0.3, 0.4) is 0 Å². The highest BCUT2D eigenvalue weighted by atomic mass is 16.7. The second kappa shape index (κ2) is 11.3. The van der Waals surface area contributed by atoms with Crippen LogP contribution in [0.15, 0.2) is 98.1 Å². The number of hydrogen-bond acceptors (Lipinski definition) is 5. The maximum absolute atomic E-state index is 11.2. The lowest BCUT2D eigenvalue weighted by molar-refractivity contribution is -0.144. The van der Waals surface area contributed by atoms with Gasteiger partial charge in [-0.2, -0.15) is 0 Å². The van der Waals surface area contributed by atoms with Gasteiger partial charge in [0.15, 0.2) is 0 Å². The van der Waals surface area contributed by atoms with E-state index in [-0.39, 0.29) is 6.79 Å². The van der Waals surface area contributed by atoms with E-state index < -0.39 is 11.9 Å². The van der Waals surface area contributed by atoms with Gasteiger partial charge in [-0.05, 0) is 59.4 Å². The van der Waals surface area contributed by atoms with Crippen molar-refractivity contribution in [3.8, 4) is 11.5 Å². The summed E-state index contributed by atoms with van der Waals surface area (Å²) in [6, 6.07) is 23.6. The van der Waals surface area contributed by atoms with Crippen LogP contribution >= 0.6 is 0 Å². The molecule has 0 saturated heterocycles. The monoisotopic (exact) mass is 428 g/mol. The summed E-state index contributed by atoms with van der Waals surface area (Å²) in [7, 11) is 0. The van der Waals surface area contributed by atoms with Gasteiger partial charge in [0.2, 0.25) is 6.79 Å². The number of carbonyl (C=O) groups is 2. The largest absolute Gasteiger partial charge is 0.457 e. The summed E-state index contributed by atoms with van der Waals surface area (Å²) in [4.78, 5) is 22.3. The van der Waals surface area contributed by atoms with Crippen molar-refractivity contribution in [1.29, 1.82) is 0 Å². The van der Waals surface area contributed by atoms with Gasteiger partial charge < -0.3 is 14.2 Å². The van der Waals surface area contributed by atoms with Crippen LogP contribution in [0.1, 0.15) is 22.3 Å².